The monoisotopic (exact) mass is 224 g/mol. The molecule has 0 radical (unpaired) electrons. The Bertz CT molecular complexity index is 250. The maximum absolute atomic E-state index is 5.89. The molecule has 0 bridgehead atoms. The standard InChI is InChI=1S/C7H10Cl2N2S/c8-6-3-5(7(9)12-6)4-11-2-1-10/h3,11H,1-2,4,10H2. The molecular formula is C7H10Cl2N2S. The maximum atomic E-state index is 5.89. The Morgan fingerprint density at radius 1 is 1.50 bits per heavy atom. The van der Waals surface area contributed by atoms with Crippen LogP contribution in [0.25, 0.3) is 0 Å². The highest BCUT2D eigenvalue weighted by Gasteiger charge is 2.04. The molecular weight excluding hydrogens is 215 g/mol. The lowest BCUT2D eigenvalue weighted by Crippen LogP contribution is -2.21. The lowest BCUT2D eigenvalue weighted by atomic mass is 10.3. The SMILES string of the molecule is NCCNCc1cc(Cl)sc1Cl. The van der Waals surface area contributed by atoms with Gasteiger partial charge in [-0.15, -0.1) is 11.3 Å². The predicted molar refractivity (Wildman–Crippen MR) is 55.1 cm³/mol. The van der Waals surface area contributed by atoms with Gasteiger partial charge in [0.1, 0.15) is 0 Å². The number of hydrogen-bond acceptors (Lipinski definition) is 3. The zero-order valence-electron chi connectivity index (χ0n) is 6.44. The minimum Gasteiger partial charge on any atom is -0.329 e. The second-order valence-corrected chi connectivity index (χ2v) is 4.60. The Morgan fingerprint density at radius 2 is 2.25 bits per heavy atom. The first-order valence-corrected chi connectivity index (χ1v) is 5.15. The molecule has 0 amide bonds. The largest absolute Gasteiger partial charge is 0.329 e. The van der Waals surface area contributed by atoms with Crippen LogP contribution < -0.4 is 11.1 Å². The summed E-state index contributed by atoms with van der Waals surface area (Å²) in [4.78, 5) is 0. The van der Waals surface area contributed by atoms with Crippen LogP contribution in [0.15, 0.2) is 6.07 Å². The molecule has 3 N–H and O–H groups in total. The van der Waals surface area contributed by atoms with Gasteiger partial charge in [0.05, 0.1) is 8.67 Å². The molecule has 1 heterocycles. The van der Waals surface area contributed by atoms with E-state index in [9.17, 15) is 0 Å². The third-order valence-corrected chi connectivity index (χ3v) is 2.93. The summed E-state index contributed by atoms with van der Waals surface area (Å²) in [6.45, 7) is 2.17. The van der Waals surface area contributed by atoms with Crippen molar-refractivity contribution in [3.63, 3.8) is 0 Å². The van der Waals surface area contributed by atoms with E-state index in [2.05, 4.69) is 5.32 Å². The van der Waals surface area contributed by atoms with Crippen molar-refractivity contribution >= 4 is 34.5 Å². The Kier molecular flexibility index (Phi) is 4.32. The summed E-state index contributed by atoms with van der Waals surface area (Å²) in [6, 6.07) is 1.87. The van der Waals surface area contributed by atoms with E-state index in [0.717, 1.165) is 27.3 Å². The summed E-state index contributed by atoms with van der Waals surface area (Å²) in [5.41, 5.74) is 6.36. The molecule has 0 saturated heterocycles. The van der Waals surface area contributed by atoms with Crippen LogP contribution in [0, 0.1) is 0 Å². The van der Waals surface area contributed by atoms with Gasteiger partial charge in [0, 0.05) is 19.6 Å². The van der Waals surface area contributed by atoms with Crippen molar-refractivity contribution in [2.75, 3.05) is 13.1 Å². The lowest BCUT2D eigenvalue weighted by molar-refractivity contribution is 0.696. The van der Waals surface area contributed by atoms with E-state index in [0.29, 0.717) is 6.54 Å². The molecule has 1 rings (SSSR count). The van der Waals surface area contributed by atoms with Crippen LogP contribution in [0.3, 0.4) is 0 Å². The fourth-order valence-electron chi connectivity index (χ4n) is 0.820. The number of nitrogens with two attached hydrogens (primary N) is 1. The van der Waals surface area contributed by atoms with Crippen LogP contribution in [-0.2, 0) is 6.54 Å². The molecule has 0 saturated carbocycles. The average molecular weight is 225 g/mol. The number of thiophene rings is 1. The first kappa shape index (κ1) is 10.3. The van der Waals surface area contributed by atoms with Gasteiger partial charge in [0.25, 0.3) is 0 Å². The Labute approximate surface area is 85.7 Å². The van der Waals surface area contributed by atoms with Crippen molar-refractivity contribution in [3.05, 3.63) is 20.3 Å². The van der Waals surface area contributed by atoms with Crippen LogP contribution >= 0.6 is 34.5 Å². The Balaban J connectivity index is 2.45. The molecule has 1 aromatic rings. The van der Waals surface area contributed by atoms with Crippen LogP contribution in [0.4, 0.5) is 0 Å². The second-order valence-electron chi connectivity index (χ2n) is 2.31. The predicted octanol–water partition coefficient (Wildman–Crippen LogP) is 2.10. The number of hydrogen-bond donors (Lipinski definition) is 2. The van der Waals surface area contributed by atoms with E-state index in [-0.39, 0.29) is 0 Å². The van der Waals surface area contributed by atoms with Gasteiger partial charge < -0.3 is 11.1 Å². The molecule has 12 heavy (non-hydrogen) atoms. The Morgan fingerprint density at radius 3 is 2.75 bits per heavy atom. The fourth-order valence-corrected chi connectivity index (χ4v) is 2.31. The molecule has 5 heteroatoms. The van der Waals surface area contributed by atoms with Gasteiger partial charge in [-0.2, -0.15) is 0 Å². The molecule has 2 nitrogen and oxygen atoms in total. The molecule has 0 spiro atoms. The minimum absolute atomic E-state index is 0.634. The smallest absolute Gasteiger partial charge is 0.0989 e. The van der Waals surface area contributed by atoms with Crippen LogP contribution in [0.1, 0.15) is 5.56 Å². The Hall–Kier alpha value is 0.200. The maximum Gasteiger partial charge on any atom is 0.0989 e. The molecule has 0 atom stereocenters. The summed E-state index contributed by atoms with van der Waals surface area (Å²) in [6.07, 6.45) is 0. The van der Waals surface area contributed by atoms with Crippen molar-refractivity contribution in [1.82, 2.24) is 5.32 Å². The van der Waals surface area contributed by atoms with Gasteiger partial charge in [-0.1, -0.05) is 23.2 Å². The molecule has 1 aromatic heterocycles. The number of nitrogens with one attached hydrogen (secondary N) is 1. The van der Waals surface area contributed by atoms with E-state index >= 15 is 0 Å². The van der Waals surface area contributed by atoms with E-state index < -0.39 is 0 Å². The minimum atomic E-state index is 0.634. The summed E-state index contributed by atoms with van der Waals surface area (Å²) in [5, 5.41) is 3.14. The summed E-state index contributed by atoms with van der Waals surface area (Å²) in [5.74, 6) is 0. The molecule has 0 aliphatic carbocycles. The van der Waals surface area contributed by atoms with Gasteiger partial charge in [-0.25, -0.2) is 0 Å². The van der Waals surface area contributed by atoms with Crippen LogP contribution in [0.2, 0.25) is 8.67 Å². The topological polar surface area (TPSA) is 38.0 Å². The third-order valence-electron chi connectivity index (χ3n) is 1.36. The van der Waals surface area contributed by atoms with Gasteiger partial charge in [-0.3, -0.25) is 0 Å². The highest BCUT2D eigenvalue weighted by molar-refractivity contribution is 7.20. The summed E-state index contributed by atoms with van der Waals surface area (Å²) >= 11 is 13.0. The van der Waals surface area contributed by atoms with Gasteiger partial charge in [-0.05, 0) is 11.6 Å². The molecule has 0 aromatic carbocycles. The zero-order valence-corrected chi connectivity index (χ0v) is 8.77. The van der Waals surface area contributed by atoms with Crippen molar-refractivity contribution in [2.24, 2.45) is 5.73 Å². The highest BCUT2D eigenvalue weighted by atomic mass is 35.5. The fraction of sp³-hybridized carbons (Fsp3) is 0.429. The van der Waals surface area contributed by atoms with Crippen LogP contribution in [0.5, 0.6) is 0 Å². The van der Waals surface area contributed by atoms with E-state index in [1.807, 2.05) is 6.07 Å². The van der Waals surface area contributed by atoms with Crippen LogP contribution in [-0.4, -0.2) is 13.1 Å². The molecule has 68 valence electrons. The van der Waals surface area contributed by atoms with E-state index in [1.165, 1.54) is 11.3 Å². The summed E-state index contributed by atoms with van der Waals surface area (Å²) < 4.78 is 1.48. The lowest BCUT2D eigenvalue weighted by Gasteiger charge is -1.99. The first-order chi connectivity index (χ1) is 5.74. The van der Waals surface area contributed by atoms with Crippen molar-refractivity contribution in [1.29, 1.82) is 0 Å². The molecule has 0 unspecified atom stereocenters. The van der Waals surface area contributed by atoms with E-state index in [1.54, 1.807) is 0 Å². The number of rotatable bonds is 4. The van der Waals surface area contributed by atoms with E-state index in [4.69, 9.17) is 28.9 Å². The molecule has 0 aliphatic rings. The first-order valence-electron chi connectivity index (χ1n) is 3.58. The van der Waals surface area contributed by atoms with Crippen molar-refractivity contribution in [2.45, 2.75) is 6.54 Å². The molecule has 0 aliphatic heterocycles. The van der Waals surface area contributed by atoms with Gasteiger partial charge in [0.15, 0.2) is 0 Å². The number of halogens is 2. The van der Waals surface area contributed by atoms with Crippen molar-refractivity contribution < 1.29 is 0 Å². The third kappa shape index (κ3) is 2.92. The second kappa shape index (κ2) is 5.04. The van der Waals surface area contributed by atoms with Gasteiger partial charge in [0.2, 0.25) is 0 Å². The van der Waals surface area contributed by atoms with Gasteiger partial charge >= 0.3 is 0 Å². The normalized spacial score (nSPS) is 10.6. The highest BCUT2D eigenvalue weighted by Crippen LogP contribution is 2.30. The summed E-state index contributed by atoms with van der Waals surface area (Å²) in [7, 11) is 0. The molecule has 0 fully saturated rings. The van der Waals surface area contributed by atoms with Crippen molar-refractivity contribution in [3.8, 4) is 0 Å². The quantitative estimate of drug-likeness (QED) is 0.770. The zero-order chi connectivity index (χ0) is 8.97. The average Bonchev–Trinajstić information content (AvgIpc) is 2.31.